The molecule has 0 atom stereocenters. The van der Waals surface area contributed by atoms with Gasteiger partial charge in [-0.3, -0.25) is 14.1 Å². The summed E-state index contributed by atoms with van der Waals surface area (Å²) in [5.74, 6) is 1.78. The second-order valence-corrected chi connectivity index (χ2v) is 9.78. The Morgan fingerprint density at radius 1 is 0.500 bits per heavy atom. The number of para-hydroxylation sites is 2. The minimum Gasteiger partial charge on any atom is -0.294 e. The Kier molecular flexibility index (Phi) is 5.07. The van der Waals surface area contributed by atoms with Crippen LogP contribution < -0.4 is 0 Å². The van der Waals surface area contributed by atoms with Crippen molar-refractivity contribution in [2.75, 3.05) is 0 Å². The molecular formula is C35H23N5. The molecule has 0 amide bonds. The molecule has 0 N–H and O–H groups in total. The average Bonchev–Trinajstić information content (AvgIpc) is 3.59. The van der Waals surface area contributed by atoms with Gasteiger partial charge in [0, 0.05) is 40.0 Å². The van der Waals surface area contributed by atoms with Crippen molar-refractivity contribution in [3.63, 3.8) is 0 Å². The lowest BCUT2D eigenvalue weighted by molar-refractivity contribution is 1.08. The largest absolute Gasteiger partial charge is 0.294 e. The summed E-state index contributed by atoms with van der Waals surface area (Å²) in [5.41, 5.74) is 8.23. The molecule has 0 saturated carbocycles. The molecule has 8 rings (SSSR count). The van der Waals surface area contributed by atoms with Gasteiger partial charge in [0.15, 0.2) is 0 Å². The summed E-state index contributed by atoms with van der Waals surface area (Å²) in [4.78, 5) is 14.7. The van der Waals surface area contributed by atoms with Crippen LogP contribution in [0.2, 0.25) is 0 Å². The molecule has 0 spiro atoms. The van der Waals surface area contributed by atoms with Crippen LogP contribution in [-0.2, 0) is 0 Å². The average molecular weight is 514 g/mol. The van der Waals surface area contributed by atoms with Gasteiger partial charge < -0.3 is 0 Å². The molecule has 0 fully saturated rings. The first kappa shape index (κ1) is 22.4. The van der Waals surface area contributed by atoms with Crippen molar-refractivity contribution >= 4 is 32.8 Å². The van der Waals surface area contributed by atoms with Gasteiger partial charge in [-0.15, -0.1) is 0 Å². The fourth-order valence-corrected chi connectivity index (χ4v) is 5.68. The van der Waals surface area contributed by atoms with Gasteiger partial charge in [-0.2, -0.15) is 0 Å². The van der Waals surface area contributed by atoms with Crippen LogP contribution >= 0.6 is 0 Å². The van der Waals surface area contributed by atoms with Gasteiger partial charge in [-0.1, -0.05) is 72.8 Å². The molecular weight excluding hydrogens is 490 g/mol. The number of benzene rings is 4. The lowest BCUT2D eigenvalue weighted by Crippen LogP contribution is -1.99. The highest BCUT2D eigenvalue weighted by Crippen LogP contribution is 2.39. The zero-order valence-electron chi connectivity index (χ0n) is 21.5. The van der Waals surface area contributed by atoms with Gasteiger partial charge in [0.25, 0.3) is 0 Å². The van der Waals surface area contributed by atoms with Gasteiger partial charge in [-0.25, -0.2) is 9.97 Å². The number of pyridine rings is 2. The van der Waals surface area contributed by atoms with Gasteiger partial charge >= 0.3 is 0 Å². The lowest BCUT2D eigenvalue weighted by atomic mass is 10.1. The molecule has 0 aliphatic rings. The Labute approximate surface area is 230 Å². The standard InChI is InChI=1S/C35H23N5/c1-3-11-24(12-4-1)35-38-34-31(39(35)26-14-5-2-6-15-26)21-20-30-33(34)27-16-7-8-18-29(27)40(30)32-19-9-17-28(37-32)25-13-10-22-36-23-25/h1-23H. The second-order valence-electron chi connectivity index (χ2n) is 9.78. The van der Waals surface area contributed by atoms with Crippen molar-refractivity contribution in [3.05, 3.63) is 140 Å². The first-order valence-electron chi connectivity index (χ1n) is 13.3. The Hall–Kier alpha value is -5.55. The van der Waals surface area contributed by atoms with E-state index in [9.17, 15) is 0 Å². The summed E-state index contributed by atoms with van der Waals surface area (Å²) in [6, 6.07) is 43.9. The van der Waals surface area contributed by atoms with Crippen molar-refractivity contribution in [1.29, 1.82) is 0 Å². The van der Waals surface area contributed by atoms with Crippen LogP contribution in [0.4, 0.5) is 0 Å². The summed E-state index contributed by atoms with van der Waals surface area (Å²) in [6.07, 6.45) is 3.63. The van der Waals surface area contributed by atoms with Crippen molar-refractivity contribution in [2.45, 2.75) is 0 Å². The van der Waals surface area contributed by atoms with Crippen LogP contribution in [0.25, 0.3) is 67.0 Å². The molecule has 5 nitrogen and oxygen atoms in total. The quantitative estimate of drug-likeness (QED) is 0.238. The van der Waals surface area contributed by atoms with E-state index in [4.69, 9.17) is 9.97 Å². The maximum atomic E-state index is 5.33. The number of imidazole rings is 1. The van der Waals surface area contributed by atoms with Crippen molar-refractivity contribution in [3.8, 4) is 34.2 Å². The Morgan fingerprint density at radius 2 is 1.25 bits per heavy atom. The molecule has 40 heavy (non-hydrogen) atoms. The van der Waals surface area contributed by atoms with E-state index in [1.807, 2.05) is 36.5 Å². The molecule has 0 aliphatic carbocycles. The summed E-state index contributed by atoms with van der Waals surface area (Å²) in [5, 5.41) is 2.27. The normalized spacial score (nSPS) is 11.5. The first-order valence-corrected chi connectivity index (χ1v) is 13.3. The number of hydrogen-bond acceptors (Lipinski definition) is 3. The highest BCUT2D eigenvalue weighted by atomic mass is 15.1. The lowest BCUT2D eigenvalue weighted by Gasteiger charge is -2.10. The molecule has 0 saturated heterocycles. The number of rotatable bonds is 4. The van der Waals surface area contributed by atoms with Crippen LogP contribution in [0, 0.1) is 0 Å². The molecule has 4 heterocycles. The van der Waals surface area contributed by atoms with Crippen LogP contribution in [0.15, 0.2) is 140 Å². The van der Waals surface area contributed by atoms with Crippen LogP contribution in [-0.4, -0.2) is 24.1 Å². The number of fused-ring (bicyclic) bond motifs is 5. The first-order chi connectivity index (χ1) is 19.9. The highest BCUT2D eigenvalue weighted by molar-refractivity contribution is 6.20. The molecule has 4 aromatic heterocycles. The van der Waals surface area contributed by atoms with E-state index < -0.39 is 0 Å². The smallest absolute Gasteiger partial charge is 0.145 e. The second kappa shape index (κ2) is 9.03. The molecule has 0 bridgehead atoms. The van der Waals surface area contributed by atoms with Crippen molar-refractivity contribution in [1.82, 2.24) is 24.1 Å². The van der Waals surface area contributed by atoms with Crippen LogP contribution in [0.1, 0.15) is 0 Å². The van der Waals surface area contributed by atoms with Crippen molar-refractivity contribution in [2.24, 2.45) is 0 Å². The maximum Gasteiger partial charge on any atom is 0.145 e. The highest BCUT2D eigenvalue weighted by Gasteiger charge is 2.21. The van der Waals surface area contributed by atoms with E-state index in [0.717, 1.165) is 67.0 Å². The molecule has 0 aliphatic heterocycles. The van der Waals surface area contributed by atoms with Gasteiger partial charge in [0.1, 0.15) is 11.6 Å². The monoisotopic (exact) mass is 513 g/mol. The van der Waals surface area contributed by atoms with Gasteiger partial charge in [0.2, 0.25) is 0 Å². The van der Waals surface area contributed by atoms with E-state index >= 15 is 0 Å². The van der Waals surface area contributed by atoms with Crippen LogP contribution in [0.3, 0.4) is 0 Å². The third kappa shape index (κ3) is 3.45. The topological polar surface area (TPSA) is 48.5 Å². The van der Waals surface area contributed by atoms with E-state index in [1.54, 1.807) is 6.20 Å². The minimum atomic E-state index is 0.859. The maximum absolute atomic E-state index is 5.33. The molecule has 0 unspecified atom stereocenters. The summed E-state index contributed by atoms with van der Waals surface area (Å²) < 4.78 is 4.51. The molecule has 4 aromatic carbocycles. The van der Waals surface area contributed by atoms with E-state index in [0.29, 0.717) is 0 Å². The van der Waals surface area contributed by atoms with Crippen LogP contribution in [0.5, 0.6) is 0 Å². The molecule has 188 valence electrons. The fraction of sp³-hybridized carbons (Fsp3) is 0. The van der Waals surface area contributed by atoms with Gasteiger partial charge in [-0.05, 0) is 54.6 Å². The third-order valence-corrected chi connectivity index (χ3v) is 7.43. The summed E-state index contributed by atoms with van der Waals surface area (Å²) >= 11 is 0. The Bertz CT molecular complexity index is 2140. The zero-order chi connectivity index (χ0) is 26.5. The molecule has 8 aromatic rings. The summed E-state index contributed by atoms with van der Waals surface area (Å²) in [6.45, 7) is 0. The minimum absolute atomic E-state index is 0.859. The van der Waals surface area contributed by atoms with E-state index in [-0.39, 0.29) is 0 Å². The Morgan fingerprint density at radius 3 is 2.08 bits per heavy atom. The number of hydrogen-bond donors (Lipinski definition) is 0. The number of aromatic nitrogens is 5. The Balaban J connectivity index is 1.46. The fourth-order valence-electron chi connectivity index (χ4n) is 5.68. The van der Waals surface area contributed by atoms with Crippen molar-refractivity contribution < 1.29 is 0 Å². The van der Waals surface area contributed by atoms with E-state index in [1.165, 1.54) is 0 Å². The molecule has 5 heteroatoms. The zero-order valence-corrected chi connectivity index (χ0v) is 21.5. The third-order valence-electron chi connectivity index (χ3n) is 7.43. The predicted octanol–water partition coefficient (Wildman–Crippen LogP) is 8.25. The predicted molar refractivity (Wildman–Crippen MR) is 162 cm³/mol. The summed E-state index contributed by atoms with van der Waals surface area (Å²) in [7, 11) is 0. The number of nitrogens with zero attached hydrogens (tertiary/aromatic N) is 5. The SMILES string of the molecule is c1ccc(-c2nc3c4c5ccccc5n(-c5cccc(-c6cccnc6)n5)c4ccc3n2-c2ccccc2)cc1. The molecule has 0 radical (unpaired) electrons. The van der Waals surface area contributed by atoms with E-state index in [2.05, 4.69) is 111 Å². The van der Waals surface area contributed by atoms with Gasteiger partial charge in [0.05, 0.1) is 27.8 Å².